The van der Waals surface area contributed by atoms with Crippen molar-refractivity contribution in [2.24, 2.45) is 0 Å². The maximum absolute atomic E-state index is 10.3. The number of aryl methyl sites for hydroxylation is 1. The maximum Gasteiger partial charge on any atom is 0.305 e. The Bertz CT molecular complexity index is 332. The van der Waals surface area contributed by atoms with Gasteiger partial charge in [-0.2, -0.15) is 0 Å². The molecule has 1 rings (SSSR count). The normalized spacial score (nSPS) is 11.6. The van der Waals surface area contributed by atoms with Crippen molar-refractivity contribution in [2.75, 3.05) is 0 Å². The van der Waals surface area contributed by atoms with Gasteiger partial charge in [0.05, 0.1) is 6.42 Å². The van der Waals surface area contributed by atoms with Crippen LogP contribution in [0.4, 0.5) is 0 Å². The summed E-state index contributed by atoms with van der Waals surface area (Å²) in [6.07, 6.45) is 2.99. The molecule has 1 aromatic rings. The van der Waals surface area contributed by atoms with Gasteiger partial charge >= 0.3 is 5.97 Å². The second-order valence-corrected chi connectivity index (χ2v) is 4.87. The molecule has 0 saturated heterocycles. The second kappa shape index (κ2) is 4.38. The minimum absolute atomic E-state index is 0.0376. The van der Waals surface area contributed by atoms with E-state index in [1.807, 2.05) is 0 Å². The fraction of sp³-hybridized carbons (Fsp3) is 0.429. The molecular formula is C7H7Cl3N2O2. The first-order valence-electron chi connectivity index (χ1n) is 3.71. The van der Waals surface area contributed by atoms with Crippen LogP contribution >= 0.6 is 34.8 Å². The van der Waals surface area contributed by atoms with E-state index in [9.17, 15) is 4.79 Å². The number of halogens is 3. The lowest BCUT2D eigenvalue weighted by atomic mass is 10.4. The molecule has 1 N–H and O–H groups in total. The molecular weight excluding hydrogens is 250 g/mol. The van der Waals surface area contributed by atoms with Crippen molar-refractivity contribution in [1.29, 1.82) is 0 Å². The average Bonchev–Trinajstić information content (AvgIpc) is 2.46. The summed E-state index contributed by atoms with van der Waals surface area (Å²) in [6, 6.07) is 0. The van der Waals surface area contributed by atoms with Crippen LogP contribution in [0.25, 0.3) is 0 Å². The number of imidazole rings is 1. The topological polar surface area (TPSA) is 55.1 Å². The minimum Gasteiger partial charge on any atom is -0.481 e. The van der Waals surface area contributed by atoms with Crippen molar-refractivity contribution in [3.05, 3.63) is 18.2 Å². The zero-order chi connectivity index (χ0) is 10.8. The molecule has 0 fully saturated rings. The smallest absolute Gasteiger partial charge is 0.305 e. The van der Waals surface area contributed by atoms with Gasteiger partial charge in [0.1, 0.15) is 0 Å². The van der Waals surface area contributed by atoms with Gasteiger partial charge in [-0.3, -0.25) is 4.79 Å². The summed E-state index contributed by atoms with van der Waals surface area (Å²) in [4.78, 5) is 14.2. The SMILES string of the molecule is O=C(O)CCn1ccnc1C(Cl)(Cl)Cl. The highest BCUT2D eigenvalue weighted by Crippen LogP contribution is 2.36. The molecule has 0 aliphatic carbocycles. The van der Waals surface area contributed by atoms with E-state index in [-0.39, 0.29) is 18.8 Å². The summed E-state index contributed by atoms with van der Waals surface area (Å²) < 4.78 is -0.122. The fourth-order valence-corrected chi connectivity index (χ4v) is 1.43. The number of carboxylic acids is 1. The van der Waals surface area contributed by atoms with Gasteiger partial charge in [0.25, 0.3) is 0 Å². The van der Waals surface area contributed by atoms with E-state index in [1.54, 1.807) is 6.20 Å². The summed E-state index contributed by atoms with van der Waals surface area (Å²) in [5, 5.41) is 8.47. The van der Waals surface area contributed by atoms with E-state index in [0.717, 1.165) is 0 Å². The molecule has 0 unspecified atom stereocenters. The van der Waals surface area contributed by atoms with Gasteiger partial charge < -0.3 is 9.67 Å². The van der Waals surface area contributed by atoms with Crippen LogP contribution in [-0.2, 0) is 15.1 Å². The lowest BCUT2D eigenvalue weighted by Gasteiger charge is -2.12. The molecule has 0 saturated carbocycles. The van der Waals surface area contributed by atoms with E-state index >= 15 is 0 Å². The lowest BCUT2D eigenvalue weighted by Crippen LogP contribution is -2.13. The van der Waals surface area contributed by atoms with Gasteiger partial charge in [-0.1, -0.05) is 34.8 Å². The number of nitrogens with zero attached hydrogens (tertiary/aromatic N) is 2. The highest BCUT2D eigenvalue weighted by molar-refractivity contribution is 6.66. The number of carboxylic acid groups (broad SMARTS) is 1. The molecule has 0 radical (unpaired) electrons. The number of hydrogen-bond acceptors (Lipinski definition) is 2. The quantitative estimate of drug-likeness (QED) is 0.845. The van der Waals surface area contributed by atoms with Crippen LogP contribution in [0, 0.1) is 0 Å². The standard InChI is InChI=1S/C7H7Cl3N2O2/c8-7(9,10)6-11-2-4-12(6)3-1-5(13)14/h2,4H,1,3H2,(H,13,14). The first-order valence-corrected chi connectivity index (χ1v) is 4.85. The Balaban J connectivity index is 2.78. The third kappa shape index (κ3) is 3.04. The molecule has 1 aromatic heterocycles. The van der Waals surface area contributed by atoms with Crippen molar-refractivity contribution in [2.45, 2.75) is 16.8 Å². The lowest BCUT2D eigenvalue weighted by molar-refractivity contribution is -0.137. The van der Waals surface area contributed by atoms with Crippen LogP contribution in [0.3, 0.4) is 0 Å². The molecule has 78 valence electrons. The van der Waals surface area contributed by atoms with Crippen LogP contribution in [0.2, 0.25) is 0 Å². The van der Waals surface area contributed by atoms with Crippen molar-refractivity contribution in [3.63, 3.8) is 0 Å². The molecule has 4 nitrogen and oxygen atoms in total. The zero-order valence-electron chi connectivity index (χ0n) is 6.95. The molecule has 0 atom stereocenters. The summed E-state index contributed by atoms with van der Waals surface area (Å²) in [5.41, 5.74) is 0. The molecule has 7 heteroatoms. The Morgan fingerprint density at radius 3 is 2.71 bits per heavy atom. The number of carbonyl (C=O) groups is 1. The van der Waals surface area contributed by atoms with Crippen LogP contribution in [0.15, 0.2) is 12.4 Å². The van der Waals surface area contributed by atoms with Gasteiger partial charge in [0.15, 0.2) is 5.82 Å². The second-order valence-electron chi connectivity index (χ2n) is 2.59. The van der Waals surface area contributed by atoms with Crippen molar-refractivity contribution in [1.82, 2.24) is 9.55 Å². The Morgan fingerprint density at radius 2 is 2.21 bits per heavy atom. The summed E-state index contributed by atoms with van der Waals surface area (Å²) in [5.74, 6) is -0.683. The van der Waals surface area contributed by atoms with Gasteiger partial charge in [0, 0.05) is 18.9 Å². The number of aromatic nitrogens is 2. The van der Waals surface area contributed by atoms with E-state index in [0.29, 0.717) is 0 Å². The van der Waals surface area contributed by atoms with E-state index < -0.39 is 9.76 Å². The number of rotatable bonds is 3. The Hall–Kier alpha value is -0.450. The first-order chi connectivity index (χ1) is 6.41. The molecule has 14 heavy (non-hydrogen) atoms. The van der Waals surface area contributed by atoms with Crippen molar-refractivity contribution >= 4 is 40.8 Å². The maximum atomic E-state index is 10.3. The summed E-state index contributed by atoms with van der Waals surface area (Å²) in [7, 11) is 0. The molecule has 0 spiro atoms. The van der Waals surface area contributed by atoms with E-state index in [1.165, 1.54) is 10.8 Å². The Morgan fingerprint density at radius 1 is 1.57 bits per heavy atom. The minimum atomic E-state index is -1.62. The van der Waals surface area contributed by atoms with Crippen molar-refractivity contribution in [3.8, 4) is 0 Å². The van der Waals surface area contributed by atoms with Gasteiger partial charge in [-0.05, 0) is 0 Å². The predicted molar refractivity (Wildman–Crippen MR) is 53.7 cm³/mol. The largest absolute Gasteiger partial charge is 0.481 e. The van der Waals surface area contributed by atoms with Gasteiger partial charge in [-0.25, -0.2) is 4.98 Å². The third-order valence-electron chi connectivity index (χ3n) is 1.54. The molecule has 0 amide bonds. The van der Waals surface area contributed by atoms with Crippen LogP contribution < -0.4 is 0 Å². The van der Waals surface area contributed by atoms with E-state index in [2.05, 4.69) is 4.98 Å². The fourth-order valence-electron chi connectivity index (χ4n) is 0.962. The molecule has 1 heterocycles. The Kier molecular flexibility index (Phi) is 3.64. The zero-order valence-corrected chi connectivity index (χ0v) is 9.22. The Labute approximate surface area is 95.4 Å². The van der Waals surface area contributed by atoms with Crippen molar-refractivity contribution < 1.29 is 9.90 Å². The first kappa shape index (κ1) is 11.6. The van der Waals surface area contributed by atoms with Crippen LogP contribution in [-0.4, -0.2) is 20.6 Å². The molecule has 0 aromatic carbocycles. The van der Waals surface area contributed by atoms with Crippen LogP contribution in [0.5, 0.6) is 0 Å². The third-order valence-corrected chi connectivity index (χ3v) is 2.04. The number of alkyl halides is 3. The number of hydrogen-bond donors (Lipinski definition) is 1. The van der Waals surface area contributed by atoms with E-state index in [4.69, 9.17) is 39.9 Å². The molecule has 0 bridgehead atoms. The van der Waals surface area contributed by atoms with Gasteiger partial charge in [0.2, 0.25) is 3.79 Å². The number of aliphatic carboxylic acids is 1. The van der Waals surface area contributed by atoms with Gasteiger partial charge in [-0.15, -0.1) is 0 Å². The molecule has 0 aliphatic rings. The predicted octanol–water partition coefficient (Wildman–Crippen LogP) is 2.18. The summed E-state index contributed by atoms with van der Waals surface area (Å²) >= 11 is 16.9. The van der Waals surface area contributed by atoms with Crippen LogP contribution in [0.1, 0.15) is 12.2 Å². The monoisotopic (exact) mass is 256 g/mol. The highest BCUT2D eigenvalue weighted by atomic mass is 35.6. The molecule has 0 aliphatic heterocycles. The average molecular weight is 258 g/mol. The summed E-state index contributed by atoms with van der Waals surface area (Å²) in [6.45, 7) is 0.235. The highest BCUT2D eigenvalue weighted by Gasteiger charge is 2.28.